The SMILES string of the molecule is CC1(C)CC(=O)C2=C(C1)O[C@@]1(c3ccccc3)CCCC[C@@H]21. The number of ketones is 1. The lowest BCUT2D eigenvalue weighted by atomic mass is 9.66. The Balaban J connectivity index is 1.81. The molecule has 2 atom stereocenters. The highest BCUT2D eigenvalue weighted by Crippen LogP contribution is 2.58. The molecule has 0 unspecified atom stereocenters. The molecule has 0 spiro atoms. The molecule has 2 nitrogen and oxygen atoms in total. The van der Waals surface area contributed by atoms with E-state index in [1.54, 1.807) is 0 Å². The minimum absolute atomic E-state index is 0.0291. The Bertz CT molecular complexity index is 641. The first-order chi connectivity index (χ1) is 10.5. The predicted octanol–water partition coefficient (Wildman–Crippen LogP) is 4.75. The number of allylic oxidation sites excluding steroid dienone is 1. The lowest BCUT2D eigenvalue weighted by molar-refractivity contribution is -0.118. The second kappa shape index (κ2) is 4.71. The molecule has 1 fully saturated rings. The molecule has 3 aliphatic rings. The van der Waals surface area contributed by atoms with Crippen LogP contribution in [0, 0.1) is 11.3 Å². The van der Waals surface area contributed by atoms with Gasteiger partial charge >= 0.3 is 0 Å². The van der Waals surface area contributed by atoms with Crippen molar-refractivity contribution in [2.45, 2.75) is 58.0 Å². The molecule has 22 heavy (non-hydrogen) atoms. The van der Waals surface area contributed by atoms with Crippen molar-refractivity contribution in [1.82, 2.24) is 0 Å². The molecule has 1 aromatic rings. The van der Waals surface area contributed by atoms with Gasteiger partial charge in [0.15, 0.2) is 5.78 Å². The van der Waals surface area contributed by atoms with Crippen molar-refractivity contribution in [3.63, 3.8) is 0 Å². The zero-order valence-electron chi connectivity index (χ0n) is 13.5. The van der Waals surface area contributed by atoms with E-state index in [2.05, 4.69) is 44.2 Å². The van der Waals surface area contributed by atoms with Gasteiger partial charge in [0.1, 0.15) is 11.4 Å². The van der Waals surface area contributed by atoms with Gasteiger partial charge in [0.05, 0.1) is 0 Å². The minimum atomic E-state index is -0.278. The summed E-state index contributed by atoms with van der Waals surface area (Å²) in [6, 6.07) is 10.6. The number of hydrogen-bond donors (Lipinski definition) is 0. The summed E-state index contributed by atoms with van der Waals surface area (Å²) in [5, 5.41) is 0. The van der Waals surface area contributed by atoms with Gasteiger partial charge in [-0.25, -0.2) is 0 Å². The monoisotopic (exact) mass is 296 g/mol. The van der Waals surface area contributed by atoms with Gasteiger partial charge in [-0.1, -0.05) is 50.6 Å². The van der Waals surface area contributed by atoms with Crippen LogP contribution in [-0.4, -0.2) is 5.78 Å². The Kier molecular flexibility index (Phi) is 3.01. The van der Waals surface area contributed by atoms with Crippen LogP contribution >= 0.6 is 0 Å². The van der Waals surface area contributed by atoms with Gasteiger partial charge in [0, 0.05) is 24.3 Å². The maximum Gasteiger partial charge on any atom is 0.163 e. The summed E-state index contributed by atoms with van der Waals surface area (Å²) in [6.07, 6.45) is 6.07. The van der Waals surface area contributed by atoms with E-state index in [0.717, 1.165) is 30.6 Å². The van der Waals surface area contributed by atoms with Crippen LogP contribution in [0.25, 0.3) is 0 Å². The Morgan fingerprint density at radius 3 is 2.64 bits per heavy atom. The van der Waals surface area contributed by atoms with E-state index in [1.807, 2.05) is 0 Å². The molecule has 0 N–H and O–H groups in total. The van der Waals surface area contributed by atoms with Gasteiger partial charge in [0.25, 0.3) is 0 Å². The number of carbonyl (C=O) groups excluding carboxylic acids is 1. The normalized spacial score (nSPS) is 33.2. The van der Waals surface area contributed by atoms with E-state index >= 15 is 0 Å². The summed E-state index contributed by atoms with van der Waals surface area (Å²) in [5.41, 5.74) is 2.03. The van der Waals surface area contributed by atoms with Gasteiger partial charge in [-0.05, 0) is 30.2 Å². The zero-order valence-corrected chi connectivity index (χ0v) is 13.5. The maximum atomic E-state index is 12.8. The highest BCUT2D eigenvalue weighted by atomic mass is 16.5. The molecular formula is C20H24O2. The number of rotatable bonds is 1. The van der Waals surface area contributed by atoms with Crippen LogP contribution in [0.1, 0.15) is 57.9 Å². The Morgan fingerprint density at radius 1 is 1.09 bits per heavy atom. The fraction of sp³-hybridized carbons (Fsp3) is 0.550. The Morgan fingerprint density at radius 2 is 1.86 bits per heavy atom. The van der Waals surface area contributed by atoms with Crippen LogP contribution in [-0.2, 0) is 15.1 Å². The molecule has 1 saturated carbocycles. The smallest absolute Gasteiger partial charge is 0.163 e. The van der Waals surface area contributed by atoms with Crippen LogP contribution in [0.3, 0.4) is 0 Å². The van der Waals surface area contributed by atoms with E-state index in [0.29, 0.717) is 12.2 Å². The third-order valence-electron chi connectivity index (χ3n) is 5.65. The van der Waals surface area contributed by atoms with Crippen molar-refractivity contribution in [3.05, 3.63) is 47.2 Å². The molecule has 0 bridgehead atoms. The molecule has 0 aromatic heterocycles. The summed E-state index contributed by atoms with van der Waals surface area (Å²) in [4.78, 5) is 12.8. The molecule has 0 saturated heterocycles. The summed E-state index contributed by atoms with van der Waals surface area (Å²) in [6.45, 7) is 4.35. The van der Waals surface area contributed by atoms with E-state index in [9.17, 15) is 4.79 Å². The van der Waals surface area contributed by atoms with Crippen molar-refractivity contribution in [2.75, 3.05) is 0 Å². The summed E-state index contributed by atoms with van der Waals surface area (Å²) in [5.74, 6) is 1.59. The van der Waals surface area contributed by atoms with Gasteiger partial charge in [0.2, 0.25) is 0 Å². The molecule has 0 amide bonds. The van der Waals surface area contributed by atoms with Crippen molar-refractivity contribution < 1.29 is 9.53 Å². The van der Waals surface area contributed by atoms with Gasteiger partial charge in [-0.15, -0.1) is 0 Å². The van der Waals surface area contributed by atoms with Crippen molar-refractivity contribution in [3.8, 4) is 0 Å². The Labute approximate surface area is 132 Å². The summed E-state index contributed by atoms with van der Waals surface area (Å²) in [7, 11) is 0. The second-order valence-corrected chi connectivity index (χ2v) is 7.93. The highest BCUT2D eigenvalue weighted by Gasteiger charge is 2.55. The number of benzene rings is 1. The van der Waals surface area contributed by atoms with Gasteiger partial charge < -0.3 is 4.74 Å². The molecule has 2 aliphatic carbocycles. The van der Waals surface area contributed by atoms with Crippen molar-refractivity contribution in [1.29, 1.82) is 0 Å². The first kappa shape index (κ1) is 14.0. The summed E-state index contributed by atoms with van der Waals surface area (Å²) < 4.78 is 6.61. The molecule has 1 aromatic carbocycles. The van der Waals surface area contributed by atoms with Crippen molar-refractivity contribution in [2.24, 2.45) is 11.3 Å². The van der Waals surface area contributed by atoms with Gasteiger partial charge in [-0.2, -0.15) is 0 Å². The molecule has 1 aliphatic heterocycles. The third-order valence-corrected chi connectivity index (χ3v) is 5.65. The first-order valence-electron chi connectivity index (χ1n) is 8.53. The van der Waals surface area contributed by atoms with E-state index in [4.69, 9.17) is 4.74 Å². The standard InChI is InChI=1S/C20H24O2/c1-19(2)12-16(21)18-15-10-6-7-11-20(15,22-17(18)13-19)14-8-4-3-5-9-14/h3-5,8-9,15H,6-7,10-13H2,1-2H3/t15-,20+/m0/s1. The number of ether oxygens (including phenoxy) is 1. The minimum Gasteiger partial charge on any atom is -0.486 e. The predicted molar refractivity (Wildman–Crippen MR) is 86.2 cm³/mol. The summed E-state index contributed by atoms with van der Waals surface area (Å²) >= 11 is 0. The molecule has 116 valence electrons. The van der Waals surface area contributed by atoms with Crippen LogP contribution in [0.2, 0.25) is 0 Å². The van der Waals surface area contributed by atoms with E-state index in [-0.39, 0.29) is 16.9 Å². The number of fused-ring (bicyclic) bond motifs is 2. The average Bonchev–Trinajstić information content (AvgIpc) is 2.81. The first-order valence-corrected chi connectivity index (χ1v) is 8.53. The third kappa shape index (κ3) is 1.96. The fourth-order valence-electron chi connectivity index (χ4n) is 4.75. The lowest BCUT2D eigenvalue weighted by Crippen LogP contribution is -2.38. The van der Waals surface area contributed by atoms with Crippen LogP contribution < -0.4 is 0 Å². The number of Topliss-reactive ketones (excluding diaryl/α,β-unsaturated/α-hetero) is 1. The maximum absolute atomic E-state index is 12.8. The zero-order chi connectivity index (χ0) is 15.4. The number of carbonyl (C=O) groups is 1. The molecule has 4 rings (SSSR count). The molecular weight excluding hydrogens is 272 g/mol. The topological polar surface area (TPSA) is 26.3 Å². The Hall–Kier alpha value is -1.57. The average molecular weight is 296 g/mol. The second-order valence-electron chi connectivity index (χ2n) is 7.93. The van der Waals surface area contributed by atoms with E-state index in [1.165, 1.54) is 18.4 Å². The molecule has 2 heteroatoms. The fourth-order valence-corrected chi connectivity index (χ4v) is 4.75. The van der Waals surface area contributed by atoms with Crippen LogP contribution in [0.5, 0.6) is 0 Å². The van der Waals surface area contributed by atoms with Crippen molar-refractivity contribution >= 4 is 5.78 Å². The highest BCUT2D eigenvalue weighted by molar-refractivity contribution is 5.98. The van der Waals surface area contributed by atoms with Gasteiger partial charge in [-0.3, -0.25) is 4.79 Å². The molecule has 0 radical (unpaired) electrons. The van der Waals surface area contributed by atoms with Crippen LogP contribution in [0.4, 0.5) is 0 Å². The largest absolute Gasteiger partial charge is 0.486 e. The van der Waals surface area contributed by atoms with E-state index < -0.39 is 0 Å². The number of hydrogen-bond acceptors (Lipinski definition) is 2. The quantitative estimate of drug-likeness (QED) is 0.748. The molecule has 1 heterocycles. The lowest BCUT2D eigenvalue weighted by Gasteiger charge is -2.39. The van der Waals surface area contributed by atoms with Crippen LogP contribution in [0.15, 0.2) is 41.7 Å².